The first kappa shape index (κ1) is 36.1. The van der Waals surface area contributed by atoms with Crippen LogP contribution in [0.3, 0.4) is 0 Å². The van der Waals surface area contributed by atoms with Crippen molar-refractivity contribution in [1.29, 1.82) is 0 Å². The Kier molecular flexibility index (Phi) is 10.3. The third-order valence-corrected chi connectivity index (χ3v) is 9.94. The van der Waals surface area contributed by atoms with Crippen LogP contribution in [0.5, 0.6) is 0 Å². The molecule has 0 bridgehead atoms. The molecule has 6 rings (SSSR count). The summed E-state index contributed by atoms with van der Waals surface area (Å²) in [5.74, 6) is -4.20. The zero-order valence-electron chi connectivity index (χ0n) is 27.9. The molecule has 2 aromatic carbocycles. The van der Waals surface area contributed by atoms with Gasteiger partial charge in [-0.3, -0.25) is 14.5 Å². The van der Waals surface area contributed by atoms with Crippen molar-refractivity contribution in [2.24, 2.45) is 5.92 Å². The second-order valence-corrected chi connectivity index (χ2v) is 13.4. The van der Waals surface area contributed by atoms with Crippen LogP contribution in [0.25, 0.3) is 0 Å². The zero-order chi connectivity index (χ0) is 36.5. The maximum absolute atomic E-state index is 14.4. The van der Waals surface area contributed by atoms with Gasteiger partial charge in [0.2, 0.25) is 11.8 Å². The van der Waals surface area contributed by atoms with E-state index in [0.717, 1.165) is 12.5 Å². The minimum atomic E-state index is -4.98. The van der Waals surface area contributed by atoms with Crippen molar-refractivity contribution in [2.75, 3.05) is 18.5 Å². The number of fused-ring (bicyclic) bond motifs is 3. The Morgan fingerprint density at radius 2 is 1.86 bits per heavy atom. The molecule has 0 radical (unpaired) electrons. The van der Waals surface area contributed by atoms with Crippen molar-refractivity contribution in [3.63, 3.8) is 0 Å². The number of ether oxygens (including phenoxy) is 2. The Bertz CT molecular complexity index is 1720. The number of rotatable bonds is 5. The lowest BCUT2D eigenvalue weighted by Crippen LogP contribution is -2.55. The van der Waals surface area contributed by atoms with E-state index in [-0.39, 0.29) is 57.1 Å². The molecule has 0 spiro atoms. The van der Waals surface area contributed by atoms with E-state index >= 15 is 0 Å². The van der Waals surface area contributed by atoms with Gasteiger partial charge in [-0.15, -0.1) is 0 Å². The van der Waals surface area contributed by atoms with E-state index in [4.69, 9.17) is 9.47 Å². The molecule has 5 atom stereocenters. The minimum absolute atomic E-state index is 0.0271. The molecule has 51 heavy (non-hydrogen) atoms. The first-order valence-corrected chi connectivity index (χ1v) is 17.1. The molecule has 1 saturated carbocycles. The molecule has 0 unspecified atom stereocenters. The second kappa shape index (κ2) is 14.5. The summed E-state index contributed by atoms with van der Waals surface area (Å²) < 4.78 is 80.2. The summed E-state index contributed by atoms with van der Waals surface area (Å²) in [5, 5.41) is 5.65. The van der Waals surface area contributed by atoms with Crippen molar-refractivity contribution in [2.45, 2.75) is 94.9 Å². The van der Waals surface area contributed by atoms with Crippen LogP contribution < -0.4 is 10.6 Å². The van der Waals surface area contributed by atoms with Crippen LogP contribution in [0.2, 0.25) is 0 Å². The van der Waals surface area contributed by atoms with E-state index in [1.54, 1.807) is 19.1 Å². The number of esters is 1. The van der Waals surface area contributed by atoms with Gasteiger partial charge in [0.25, 0.3) is 0 Å². The molecule has 2 N–H and O–H groups in total. The first-order valence-electron chi connectivity index (χ1n) is 17.1. The second-order valence-electron chi connectivity index (χ2n) is 13.4. The normalized spacial score (nSPS) is 27.3. The van der Waals surface area contributed by atoms with Crippen LogP contribution in [0, 0.1) is 17.6 Å². The Labute approximate surface area is 291 Å². The Morgan fingerprint density at radius 3 is 2.61 bits per heavy atom. The van der Waals surface area contributed by atoms with E-state index in [1.165, 1.54) is 15.9 Å². The molecule has 3 aliphatic heterocycles. The molecule has 3 amide bonds. The number of hydrogen-bond donors (Lipinski definition) is 2. The van der Waals surface area contributed by atoms with E-state index in [0.29, 0.717) is 42.5 Å². The Balaban J connectivity index is 1.27. The fourth-order valence-corrected chi connectivity index (χ4v) is 7.15. The van der Waals surface area contributed by atoms with Gasteiger partial charge in [-0.05, 0) is 62.4 Å². The molecule has 274 valence electrons. The molecule has 1 saturated heterocycles. The summed E-state index contributed by atoms with van der Waals surface area (Å²) in [6.07, 6.45) is -0.0694. The smallest absolute Gasteiger partial charge is 0.419 e. The fourth-order valence-electron chi connectivity index (χ4n) is 7.15. The summed E-state index contributed by atoms with van der Waals surface area (Å²) in [7, 11) is 0. The number of carbonyl (C=O) groups is 4. The molecule has 2 fully saturated rings. The standard InChI is InChI=1S/C36H39F5N4O6/c1-2-50-33(48)35-17-22(35)10-6-4-3-5-7-12-29(42-23-13-14-28(38)26(15-23)36(39,40)41)32(47)45-19-24(16-30(45)31(46)43-35)51-34(49)44-18-21-9-8-11-27(37)25(21)20-44/h6,8-11,13-15,22,24,29-30,42H,2-5,7,12,16-20H2,1H3,(H,43,46)/b10-6-/t22-,24-,29+,30+,35-/m1/s1. The van der Waals surface area contributed by atoms with E-state index in [9.17, 15) is 41.1 Å². The number of anilines is 1. The number of nitrogens with one attached hydrogen (secondary N) is 2. The summed E-state index contributed by atoms with van der Waals surface area (Å²) in [6, 6.07) is 4.53. The maximum Gasteiger partial charge on any atom is 0.419 e. The molecule has 1 aliphatic carbocycles. The topological polar surface area (TPSA) is 117 Å². The van der Waals surface area contributed by atoms with Crippen molar-refractivity contribution in [3.8, 4) is 0 Å². The number of carbonyl (C=O) groups excluding carboxylic acids is 4. The van der Waals surface area contributed by atoms with Crippen LogP contribution in [-0.2, 0) is 43.1 Å². The molecular formula is C36H39F5N4O6. The molecule has 0 aromatic heterocycles. The summed E-state index contributed by atoms with van der Waals surface area (Å²) in [6.45, 7) is 1.57. The van der Waals surface area contributed by atoms with Crippen molar-refractivity contribution in [1.82, 2.24) is 15.1 Å². The number of nitrogens with zero attached hydrogens (tertiary/aromatic N) is 2. The lowest BCUT2D eigenvalue weighted by atomic mass is 10.0. The van der Waals surface area contributed by atoms with Crippen molar-refractivity contribution < 1.29 is 50.6 Å². The van der Waals surface area contributed by atoms with Gasteiger partial charge < -0.3 is 25.0 Å². The lowest BCUT2D eigenvalue weighted by molar-refractivity contribution is -0.150. The number of alkyl halides is 3. The Morgan fingerprint density at radius 1 is 1.06 bits per heavy atom. The number of allylic oxidation sites excluding steroid dienone is 1. The fraction of sp³-hybridized carbons (Fsp3) is 0.500. The van der Waals surface area contributed by atoms with Gasteiger partial charge in [-0.2, -0.15) is 13.2 Å². The number of halogens is 5. The van der Waals surface area contributed by atoms with Crippen LogP contribution in [0.1, 0.15) is 68.6 Å². The van der Waals surface area contributed by atoms with Gasteiger partial charge in [-0.1, -0.05) is 37.1 Å². The number of benzene rings is 2. The quantitative estimate of drug-likeness (QED) is 0.227. The van der Waals surface area contributed by atoms with Gasteiger partial charge >= 0.3 is 18.2 Å². The maximum atomic E-state index is 14.4. The predicted octanol–water partition coefficient (Wildman–Crippen LogP) is 5.84. The van der Waals surface area contributed by atoms with Crippen LogP contribution in [0.4, 0.5) is 32.4 Å². The van der Waals surface area contributed by atoms with Gasteiger partial charge in [0.1, 0.15) is 35.4 Å². The molecular weight excluding hydrogens is 679 g/mol. The summed E-state index contributed by atoms with van der Waals surface area (Å²) >= 11 is 0. The van der Waals surface area contributed by atoms with Gasteiger partial charge in [0.05, 0.1) is 25.3 Å². The van der Waals surface area contributed by atoms with Crippen LogP contribution in [-0.4, -0.2) is 70.6 Å². The highest BCUT2D eigenvalue weighted by molar-refractivity contribution is 5.96. The van der Waals surface area contributed by atoms with Gasteiger partial charge in [0.15, 0.2) is 0 Å². The van der Waals surface area contributed by atoms with E-state index in [2.05, 4.69) is 10.6 Å². The molecule has 3 heterocycles. The SMILES string of the molecule is CCOC(=O)[C@@]12C[C@H]1/C=C\CCCCC[C@H](Nc1ccc(F)c(C(F)(F)F)c1)C(=O)N1C[C@H](OC(=O)N3Cc4cccc(F)c4C3)C[C@H]1C(=O)N2. The molecule has 10 nitrogen and oxygen atoms in total. The average Bonchev–Trinajstić information content (AvgIpc) is 3.38. The van der Waals surface area contributed by atoms with Crippen molar-refractivity contribution >= 4 is 29.6 Å². The molecule has 4 aliphatic rings. The molecule has 2 aromatic rings. The largest absolute Gasteiger partial charge is 0.464 e. The highest BCUT2D eigenvalue weighted by Crippen LogP contribution is 2.46. The van der Waals surface area contributed by atoms with Crippen LogP contribution >= 0.6 is 0 Å². The Hall–Kier alpha value is -4.69. The highest BCUT2D eigenvalue weighted by Gasteiger charge is 2.62. The third kappa shape index (κ3) is 7.66. The zero-order valence-corrected chi connectivity index (χ0v) is 27.9. The summed E-state index contributed by atoms with van der Waals surface area (Å²) in [4.78, 5) is 57.3. The third-order valence-electron chi connectivity index (χ3n) is 9.94. The molecule has 15 heteroatoms. The predicted molar refractivity (Wildman–Crippen MR) is 173 cm³/mol. The number of hydrogen-bond acceptors (Lipinski definition) is 7. The first-order chi connectivity index (χ1) is 24.3. The van der Waals surface area contributed by atoms with E-state index < -0.39 is 71.0 Å². The monoisotopic (exact) mass is 718 g/mol. The van der Waals surface area contributed by atoms with E-state index in [1.807, 2.05) is 12.2 Å². The van der Waals surface area contributed by atoms with Gasteiger partial charge in [0, 0.05) is 30.1 Å². The number of amides is 3. The average molecular weight is 719 g/mol. The lowest BCUT2D eigenvalue weighted by Gasteiger charge is -2.30. The highest BCUT2D eigenvalue weighted by atomic mass is 19.4. The summed E-state index contributed by atoms with van der Waals surface area (Å²) in [5.41, 5.74) is -2.00. The minimum Gasteiger partial charge on any atom is -0.464 e. The van der Waals surface area contributed by atoms with Crippen molar-refractivity contribution in [3.05, 3.63) is 76.9 Å². The van der Waals surface area contributed by atoms with Gasteiger partial charge in [-0.25, -0.2) is 18.4 Å². The van der Waals surface area contributed by atoms with Crippen LogP contribution in [0.15, 0.2) is 48.6 Å².